The van der Waals surface area contributed by atoms with Gasteiger partial charge in [0, 0.05) is 12.0 Å². The summed E-state index contributed by atoms with van der Waals surface area (Å²) in [5, 5.41) is 14.6. The Morgan fingerprint density at radius 2 is 1.94 bits per heavy atom. The summed E-state index contributed by atoms with van der Waals surface area (Å²) in [4.78, 5) is 22.3. The van der Waals surface area contributed by atoms with Gasteiger partial charge in [0.15, 0.2) is 0 Å². The molecule has 104 valence electrons. The minimum Gasteiger partial charge on any atom is -0.396 e. The Kier molecular flexibility index (Phi) is 5.40. The molecule has 1 aliphatic rings. The highest BCUT2D eigenvalue weighted by atomic mass is 16.3. The summed E-state index contributed by atoms with van der Waals surface area (Å²) in [6.07, 6.45) is 5.23. The molecule has 0 aromatic rings. The van der Waals surface area contributed by atoms with Crippen LogP contribution >= 0.6 is 0 Å². The minimum atomic E-state index is -0.716. The number of primary amides is 1. The summed E-state index contributed by atoms with van der Waals surface area (Å²) < 4.78 is 0. The van der Waals surface area contributed by atoms with Crippen molar-refractivity contribution in [3.63, 3.8) is 0 Å². The van der Waals surface area contributed by atoms with Crippen molar-refractivity contribution in [3.05, 3.63) is 0 Å². The molecule has 0 radical (unpaired) electrons. The normalized spacial score (nSPS) is 19.9. The Morgan fingerprint density at radius 1 is 1.33 bits per heavy atom. The standard InChI is InChI=1S/C12H23N3O3/c1-9(15-11(13)18)10(17)14-7-12(8-16)5-3-2-4-6-12/h9,16H,2-8H2,1H3,(H,14,17)(H3,13,15,18). The first-order valence-corrected chi connectivity index (χ1v) is 6.44. The van der Waals surface area contributed by atoms with Crippen molar-refractivity contribution in [2.75, 3.05) is 13.2 Å². The van der Waals surface area contributed by atoms with Crippen LogP contribution in [0.4, 0.5) is 4.79 Å². The van der Waals surface area contributed by atoms with Crippen LogP contribution < -0.4 is 16.4 Å². The minimum absolute atomic E-state index is 0.0882. The first-order valence-electron chi connectivity index (χ1n) is 6.44. The van der Waals surface area contributed by atoms with E-state index in [-0.39, 0.29) is 17.9 Å². The lowest BCUT2D eigenvalue weighted by Gasteiger charge is -2.35. The van der Waals surface area contributed by atoms with Crippen molar-refractivity contribution in [2.45, 2.75) is 45.1 Å². The van der Waals surface area contributed by atoms with E-state index >= 15 is 0 Å². The Bertz CT molecular complexity index is 301. The van der Waals surface area contributed by atoms with Gasteiger partial charge in [0.1, 0.15) is 6.04 Å². The Morgan fingerprint density at radius 3 is 2.44 bits per heavy atom. The Hall–Kier alpha value is -1.30. The molecule has 1 saturated carbocycles. The zero-order valence-electron chi connectivity index (χ0n) is 10.9. The highest BCUT2D eigenvalue weighted by Crippen LogP contribution is 2.35. The number of nitrogens with one attached hydrogen (secondary N) is 2. The monoisotopic (exact) mass is 257 g/mol. The Labute approximate surface area is 107 Å². The predicted molar refractivity (Wildman–Crippen MR) is 67.8 cm³/mol. The van der Waals surface area contributed by atoms with Gasteiger partial charge >= 0.3 is 6.03 Å². The molecule has 0 heterocycles. The molecule has 6 nitrogen and oxygen atoms in total. The number of hydrogen-bond donors (Lipinski definition) is 4. The SMILES string of the molecule is CC(NC(N)=O)C(=O)NCC1(CO)CCCCC1. The summed E-state index contributed by atoms with van der Waals surface area (Å²) in [6.45, 7) is 2.12. The topological polar surface area (TPSA) is 104 Å². The third kappa shape index (κ3) is 4.18. The van der Waals surface area contributed by atoms with Gasteiger partial charge in [-0.2, -0.15) is 0 Å². The summed E-state index contributed by atoms with van der Waals surface area (Å²) >= 11 is 0. The van der Waals surface area contributed by atoms with Crippen molar-refractivity contribution >= 4 is 11.9 Å². The van der Waals surface area contributed by atoms with E-state index in [1.165, 1.54) is 6.42 Å². The molecule has 0 aliphatic heterocycles. The summed E-state index contributed by atoms with van der Waals surface area (Å²) in [5.74, 6) is -0.271. The molecule has 1 fully saturated rings. The van der Waals surface area contributed by atoms with E-state index in [1.54, 1.807) is 6.92 Å². The Balaban J connectivity index is 2.42. The van der Waals surface area contributed by atoms with Crippen LogP contribution in [0.3, 0.4) is 0 Å². The number of nitrogens with two attached hydrogens (primary N) is 1. The second-order valence-corrected chi connectivity index (χ2v) is 5.17. The average molecular weight is 257 g/mol. The lowest BCUT2D eigenvalue weighted by atomic mass is 9.74. The van der Waals surface area contributed by atoms with Gasteiger partial charge in [0.05, 0.1) is 6.61 Å². The smallest absolute Gasteiger partial charge is 0.312 e. The molecular formula is C12H23N3O3. The van der Waals surface area contributed by atoms with Crippen LogP contribution in [0.25, 0.3) is 0 Å². The molecule has 0 aromatic heterocycles. The van der Waals surface area contributed by atoms with Gasteiger partial charge < -0.3 is 21.5 Å². The van der Waals surface area contributed by atoms with Gasteiger partial charge in [-0.05, 0) is 19.8 Å². The maximum absolute atomic E-state index is 11.7. The van der Waals surface area contributed by atoms with Gasteiger partial charge in [0.2, 0.25) is 5.91 Å². The van der Waals surface area contributed by atoms with E-state index in [2.05, 4.69) is 10.6 Å². The summed E-state index contributed by atoms with van der Waals surface area (Å²) in [6, 6.07) is -1.37. The second kappa shape index (κ2) is 6.58. The number of carbonyl (C=O) groups excluding carboxylic acids is 2. The largest absolute Gasteiger partial charge is 0.396 e. The lowest BCUT2D eigenvalue weighted by molar-refractivity contribution is -0.123. The quantitative estimate of drug-likeness (QED) is 0.561. The van der Waals surface area contributed by atoms with Crippen LogP contribution in [-0.2, 0) is 4.79 Å². The molecule has 1 aliphatic carbocycles. The van der Waals surface area contributed by atoms with E-state index in [4.69, 9.17) is 5.73 Å². The molecule has 3 amide bonds. The molecule has 0 saturated heterocycles. The molecule has 0 aromatic carbocycles. The van der Waals surface area contributed by atoms with E-state index in [0.29, 0.717) is 6.54 Å². The number of hydrogen-bond acceptors (Lipinski definition) is 3. The van der Waals surface area contributed by atoms with E-state index in [9.17, 15) is 14.7 Å². The zero-order valence-corrected chi connectivity index (χ0v) is 10.9. The van der Waals surface area contributed by atoms with Crippen LogP contribution in [0.5, 0.6) is 0 Å². The summed E-state index contributed by atoms with van der Waals surface area (Å²) in [7, 11) is 0. The molecular weight excluding hydrogens is 234 g/mol. The fraction of sp³-hybridized carbons (Fsp3) is 0.833. The number of carbonyl (C=O) groups is 2. The van der Waals surface area contributed by atoms with Gasteiger partial charge in [-0.1, -0.05) is 19.3 Å². The average Bonchev–Trinajstić information content (AvgIpc) is 2.36. The molecule has 1 unspecified atom stereocenters. The molecule has 1 rings (SSSR count). The van der Waals surface area contributed by atoms with E-state index < -0.39 is 12.1 Å². The number of amides is 3. The van der Waals surface area contributed by atoms with Crippen molar-refractivity contribution in [1.82, 2.24) is 10.6 Å². The van der Waals surface area contributed by atoms with E-state index in [0.717, 1.165) is 25.7 Å². The first kappa shape index (κ1) is 14.8. The van der Waals surface area contributed by atoms with Gasteiger partial charge in [0.25, 0.3) is 0 Å². The van der Waals surface area contributed by atoms with Crippen LogP contribution in [0.1, 0.15) is 39.0 Å². The first-order chi connectivity index (χ1) is 8.49. The fourth-order valence-corrected chi connectivity index (χ4v) is 2.40. The van der Waals surface area contributed by atoms with Crippen molar-refractivity contribution < 1.29 is 14.7 Å². The van der Waals surface area contributed by atoms with Crippen LogP contribution in [0, 0.1) is 5.41 Å². The van der Waals surface area contributed by atoms with Crippen molar-refractivity contribution in [2.24, 2.45) is 11.1 Å². The highest BCUT2D eigenvalue weighted by molar-refractivity contribution is 5.86. The second-order valence-electron chi connectivity index (χ2n) is 5.17. The maximum Gasteiger partial charge on any atom is 0.312 e. The molecule has 18 heavy (non-hydrogen) atoms. The van der Waals surface area contributed by atoms with Crippen molar-refractivity contribution in [3.8, 4) is 0 Å². The third-order valence-corrected chi connectivity index (χ3v) is 3.64. The number of urea groups is 1. The van der Waals surface area contributed by atoms with Gasteiger partial charge in [-0.15, -0.1) is 0 Å². The lowest BCUT2D eigenvalue weighted by Crippen LogP contribution is -2.50. The number of aliphatic hydroxyl groups is 1. The molecule has 0 spiro atoms. The predicted octanol–water partition coefficient (Wildman–Crippen LogP) is 0.102. The molecule has 0 bridgehead atoms. The van der Waals surface area contributed by atoms with Gasteiger partial charge in [-0.25, -0.2) is 4.79 Å². The molecule has 1 atom stereocenters. The number of rotatable bonds is 5. The fourth-order valence-electron chi connectivity index (χ4n) is 2.40. The number of aliphatic hydroxyl groups excluding tert-OH is 1. The van der Waals surface area contributed by atoms with Gasteiger partial charge in [-0.3, -0.25) is 4.79 Å². The highest BCUT2D eigenvalue weighted by Gasteiger charge is 2.32. The molecule has 5 N–H and O–H groups in total. The third-order valence-electron chi connectivity index (χ3n) is 3.64. The van der Waals surface area contributed by atoms with Crippen LogP contribution in [-0.4, -0.2) is 36.2 Å². The van der Waals surface area contributed by atoms with Crippen LogP contribution in [0.15, 0.2) is 0 Å². The zero-order chi connectivity index (χ0) is 13.6. The maximum atomic E-state index is 11.7. The molecule has 6 heteroatoms. The van der Waals surface area contributed by atoms with Crippen molar-refractivity contribution in [1.29, 1.82) is 0 Å². The summed E-state index contributed by atoms with van der Waals surface area (Å²) in [5.41, 5.74) is 4.76. The van der Waals surface area contributed by atoms with E-state index in [1.807, 2.05) is 0 Å². The van der Waals surface area contributed by atoms with Crippen LogP contribution in [0.2, 0.25) is 0 Å².